The number of rotatable bonds is 7. The minimum atomic E-state index is -0.444. The molecule has 0 aromatic rings. The number of hydrogen-bond donors (Lipinski definition) is 1. The number of nitrogens with one attached hydrogen (secondary N) is 1. The Kier molecular flexibility index (Phi) is 8.72. The van der Waals surface area contributed by atoms with E-state index in [1.165, 1.54) is 38.5 Å². The predicted molar refractivity (Wildman–Crippen MR) is 97.6 cm³/mol. The van der Waals surface area contributed by atoms with Gasteiger partial charge in [0.25, 0.3) is 0 Å². The summed E-state index contributed by atoms with van der Waals surface area (Å²) in [5.74, 6) is 1.45. The molecule has 23 heavy (non-hydrogen) atoms. The molecule has 0 aliphatic heterocycles. The van der Waals surface area contributed by atoms with E-state index in [1.807, 2.05) is 20.8 Å². The Morgan fingerprint density at radius 3 is 2.43 bits per heavy atom. The highest BCUT2D eigenvalue weighted by molar-refractivity contribution is 5.68. The van der Waals surface area contributed by atoms with Crippen molar-refractivity contribution in [3.63, 3.8) is 0 Å². The van der Waals surface area contributed by atoms with Gasteiger partial charge >= 0.3 is 6.09 Å². The van der Waals surface area contributed by atoms with Crippen LogP contribution in [0, 0.1) is 11.8 Å². The Labute approximate surface area is 143 Å². The van der Waals surface area contributed by atoms with E-state index in [0.29, 0.717) is 0 Å². The first-order chi connectivity index (χ1) is 10.8. The zero-order chi connectivity index (χ0) is 17.3. The summed E-state index contributed by atoms with van der Waals surface area (Å²) in [6, 6.07) is 0.0973. The van der Waals surface area contributed by atoms with Crippen LogP contribution >= 0.6 is 0 Å². The Morgan fingerprint density at radius 1 is 1.22 bits per heavy atom. The molecule has 3 heteroatoms. The zero-order valence-electron chi connectivity index (χ0n) is 15.9. The largest absolute Gasteiger partial charge is 0.444 e. The zero-order valence-corrected chi connectivity index (χ0v) is 15.9. The average Bonchev–Trinajstić information content (AvgIpc) is 2.42. The fourth-order valence-electron chi connectivity index (χ4n) is 3.12. The molecule has 0 bridgehead atoms. The van der Waals surface area contributed by atoms with Gasteiger partial charge in [0.05, 0.1) is 6.04 Å². The van der Waals surface area contributed by atoms with Crippen molar-refractivity contribution in [3.8, 4) is 0 Å². The number of allylic oxidation sites excluding steroid dienone is 1. The highest BCUT2D eigenvalue weighted by Gasteiger charge is 2.21. The van der Waals surface area contributed by atoms with Gasteiger partial charge in [-0.2, -0.15) is 0 Å². The normalized spacial score (nSPS) is 18.3. The molecule has 1 aliphatic rings. The van der Waals surface area contributed by atoms with Crippen LogP contribution in [0.2, 0.25) is 0 Å². The monoisotopic (exact) mass is 323 g/mol. The van der Waals surface area contributed by atoms with Crippen LogP contribution < -0.4 is 5.32 Å². The summed E-state index contributed by atoms with van der Waals surface area (Å²) in [5, 5.41) is 3.06. The maximum atomic E-state index is 12.1. The SMILES string of the molecule is CC(C)CC/C=C/C(CC1CCCCC1)NC(=O)OC(C)(C)C. The second kappa shape index (κ2) is 10.00. The van der Waals surface area contributed by atoms with E-state index >= 15 is 0 Å². The topological polar surface area (TPSA) is 38.3 Å². The van der Waals surface area contributed by atoms with Gasteiger partial charge in [-0.05, 0) is 51.9 Å². The smallest absolute Gasteiger partial charge is 0.408 e. The van der Waals surface area contributed by atoms with E-state index in [-0.39, 0.29) is 12.1 Å². The van der Waals surface area contributed by atoms with Crippen molar-refractivity contribution in [2.75, 3.05) is 0 Å². The Morgan fingerprint density at radius 2 is 1.87 bits per heavy atom. The molecule has 1 saturated carbocycles. The number of amides is 1. The maximum Gasteiger partial charge on any atom is 0.408 e. The standard InChI is InChI=1S/C20H37NO2/c1-16(2)11-9-10-14-18(15-17-12-7-6-8-13-17)21-19(22)23-20(3,4)5/h10,14,16-18H,6-9,11-13,15H2,1-5H3,(H,21,22)/b14-10+. The first-order valence-electron chi connectivity index (χ1n) is 9.42. The van der Waals surface area contributed by atoms with E-state index in [9.17, 15) is 4.79 Å². The van der Waals surface area contributed by atoms with Crippen LogP contribution in [0.4, 0.5) is 4.79 Å². The number of carbonyl (C=O) groups is 1. The van der Waals surface area contributed by atoms with Crippen molar-refractivity contribution < 1.29 is 9.53 Å². The maximum absolute atomic E-state index is 12.1. The second-order valence-electron chi connectivity index (χ2n) is 8.39. The molecule has 0 aromatic heterocycles. The molecule has 1 amide bonds. The molecule has 0 spiro atoms. The molecule has 1 unspecified atom stereocenters. The average molecular weight is 324 g/mol. The third kappa shape index (κ3) is 10.4. The second-order valence-corrected chi connectivity index (χ2v) is 8.39. The molecule has 0 radical (unpaired) electrons. The third-order valence-corrected chi connectivity index (χ3v) is 4.29. The third-order valence-electron chi connectivity index (χ3n) is 4.29. The van der Waals surface area contributed by atoms with Crippen molar-refractivity contribution in [2.24, 2.45) is 11.8 Å². The lowest BCUT2D eigenvalue weighted by molar-refractivity contribution is 0.0507. The van der Waals surface area contributed by atoms with Gasteiger partial charge < -0.3 is 10.1 Å². The first kappa shape index (κ1) is 20.1. The highest BCUT2D eigenvalue weighted by atomic mass is 16.6. The Balaban J connectivity index is 2.53. The minimum absolute atomic E-state index is 0.0973. The summed E-state index contributed by atoms with van der Waals surface area (Å²) >= 11 is 0. The van der Waals surface area contributed by atoms with Crippen molar-refractivity contribution in [1.29, 1.82) is 0 Å². The van der Waals surface area contributed by atoms with Gasteiger partial charge in [-0.25, -0.2) is 4.79 Å². The summed E-state index contributed by atoms with van der Waals surface area (Å²) in [4.78, 5) is 12.1. The summed E-state index contributed by atoms with van der Waals surface area (Å²) in [6.07, 6.45) is 14.1. The molecular formula is C20H37NO2. The van der Waals surface area contributed by atoms with E-state index in [1.54, 1.807) is 0 Å². The van der Waals surface area contributed by atoms with Gasteiger partial charge in [-0.3, -0.25) is 0 Å². The predicted octanol–water partition coefficient (Wildman–Crippen LogP) is 5.84. The van der Waals surface area contributed by atoms with Crippen molar-refractivity contribution in [3.05, 3.63) is 12.2 Å². The van der Waals surface area contributed by atoms with Gasteiger partial charge in [-0.15, -0.1) is 0 Å². The quantitative estimate of drug-likeness (QED) is 0.597. The lowest BCUT2D eigenvalue weighted by atomic mass is 9.84. The van der Waals surface area contributed by atoms with E-state index in [0.717, 1.165) is 24.7 Å². The Bertz CT molecular complexity index is 362. The number of hydrogen-bond acceptors (Lipinski definition) is 2. The molecular weight excluding hydrogens is 286 g/mol. The van der Waals surface area contributed by atoms with Gasteiger partial charge in [0, 0.05) is 0 Å². The van der Waals surface area contributed by atoms with Crippen LogP contribution in [0.3, 0.4) is 0 Å². The number of alkyl carbamates (subject to hydrolysis) is 1. The fourth-order valence-corrected chi connectivity index (χ4v) is 3.12. The molecule has 0 heterocycles. The Hall–Kier alpha value is -0.990. The van der Waals surface area contributed by atoms with Crippen LogP contribution in [0.15, 0.2) is 12.2 Å². The van der Waals surface area contributed by atoms with E-state index in [4.69, 9.17) is 4.74 Å². The summed E-state index contributed by atoms with van der Waals surface area (Å²) in [6.45, 7) is 10.2. The van der Waals surface area contributed by atoms with Gasteiger partial charge in [0.1, 0.15) is 5.60 Å². The first-order valence-corrected chi connectivity index (χ1v) is 9.42. The van der Waals surface area contributed by atoms with E-state index < -0.39 is 5.60 Å². The molecule has 134 valence electrons. The van der Waals surface area contributed by atoms with Crippen LogP contribution in [0.25, 0.3) is 0 Å². The van der Waals surface area contributed by atoms with Gasteiger partial charge in [-0.1, -0.05) is 58.1 Å². The van der Waals surface area contributed by atoms with Gasteiger partial charge in [0.2, 0.25) is 0 Å². The molecule has 3 nitrogen and oxygen atoms in total. The summed E-state index contributed by atoms with van der Waals surface area (Å²) < 4.78 is 5.42. The van der Waals surface area contributed by atoms with Crippen LogP contribution in [-0.2, 0) is 4.74 Å². The van der Waals surface area contributed by atoms with Crippen molar-refractivity contribution in [1.82, 2.24) is 5.32 Å². The van der Waals surface area contributed by atoms with Crippen molar-refractivity contribution in [2.45, 2.75) is 97.6 Å². The molecule has 0 aromatic carbocycles. The fraction of sp³-hybridized carbons (Fsp3) is 0.850. The van der Waals surface area contributed by atoms with Crippen molar-refractivity contribution >= 4 is 6.09 Å². The van der Waals surface area contributed by atoms with Crippen LogP contribution in [0.1, 0.15) is 86.0 Å². The summed E-state index contributed by atoms with van der Waals surface area (Å²) in [7, 11) is 0. The molecule has 1 N–H and O–H groups in total. The number of carbonyl (C=O) groups excluding carboxylic acids is 1. The van der Waals surface area contributed by atoms with Crippen LogP contribution in [0.5, 0.6) is 0 Å². The molecule has 0 saturated heterocycles. The molecule has 1 aliphatic carbocycles. The molecule has 1 atom stereocenters. The number of ether oxygens (including phenoxy) is 1. The molecule has 1 rings (SSSR count). The van der Waals surface area contributed by atoms with Crippen LogP contribution in [-0.4, -0.2) is 17.7 Å². The highest BCUT2D eigenvalue weighted by Crippen LogP contribution is 2.27. The lowest BCUT2D eigenvalue weighted by Crippen LogP contribution is -2.39. The molecule has 1 fully saturated rings. The lowest BCUT2D eigenvalue weighted by Gasteiger charge is -2.27. The minimum Gasteiger partial charge on any atom is -0.444 e. The van der Waals surface area contributed by atoms with Gasteiger partial charge in [0.15, 0.2) is 0 Å². The summed E-state index contributed by atoms with van der Waals surface area (Å²) in [5.41, 5.74) is -0.444. The van der Waals surface area contributed by atoms with E-state index in [2.05, 4.69) is 31.3 Å².